The molecule has 2 rings (SSSR count). The third-order valence-corrected chi connectivity index (χ3v) is 5.01. The molecule has 3 nitrogen and oxygen atoms in total. The third kappa shape index (κ3) is 4.04. The molecular weight excluding hydrogens is 258 g/mol. The summed E-state index contributed by atoms with van der Waals surface area (Å²) < 4.78 is 5.44. The van der Waals surface area contributed by atoms with Crippen molar-refractivity contribution >= 4 is 18.7 Å². The second kappa shape index (κ2) is 5.55. The van der Waals surface area contributed by atoms with Crippen LogP contribution in [0.3, 0.4) is 0 Å². The van der Waals surface area contributed by atoms with Crippen LogP contribution in [0.4, 0.5) is 4.79 Å². The number of carbonyl (C=O) groups is 1. The molecule has 2 aliphatic rings. The molecule has 0 aromatic carbocycles. The summed E-state index contributed by atoms with van der Waals surface area (Å²) in [6.45, 7) is 7.47. The van der Waals surface area contributed by atoms with Crippen LogP contribution in [0, 0.1) is 5.41 Å². The van der Waals surface area contributed by atoms with Crippen molar-refractivity contribution in [3.63, 3.8) is 0 Å². The lowest BCUT2D eigenvalue weighted by molar-refractivity contribution is 0.00480. The molecule has 0 N–H and O–H groups in total. The van der Waals surface area contributed by atoms with Gasteiger partial charge in [0.05, 0.1) is 0 Å². The topological polar surface area (TPSA) is 29.5 Å². The minimum Gasteiger partial charge on any atom is -0.444 e. The maximum Gasteiger partial charge on any atom is 0.410 e. The van der Waals surface area contributed by atoms with E-state index >= 15 is 0 Å². The van der Waals surface area contributed by atoms with Crippen LogP contribution in [0.15, 0.2) is 0 Å². The molecule has 0 aromatic heterocycles. The second-order valence-electron chi connectivity index (χ2n) is 7.20. The molecule has 1 amide bonds. The zero-order valence-electron chi connectivity index (χ0n) is 12.4. The van der Waals surface area contributed by atoms with E-state index in [-0.39, 0.29) is 6.09 Å². The molecule has 0 atom stereocenters. The number of hydrogen-bond donors (Lipinski definition) is 1. The number of amides is 1. The van der Waals surface area contributed by atoms with Crippen LogP contribution in [0.2, 0.25) is 0 Å². The van der Waals surface area contributed by atoms with E-state index in [2.05, 4.69) is 12.6 Å². The quantitative estimate of drug-likeness (QED) is 0.685. The molecule has 1 heterocycles. The Kier molecular flexibility index (Phi) is 4.38. The Morgan fingerprint density at radius 1 is 1.16 bits per heavy atom. The molecule has 0 bridgehead atoms. The lowest BCUT2D eigenvalue weighted by Gasteiger charge is -2.45. The van der Waals surface area contributed by atoms with Gasteiger partial charge in [0.1, 0.15) is 5.60 Å². The van der Waals surface area contributed by atoms with Gasteiger partial charge in [0.25, 0.3) is 0 Å². The molecule has 1 saturated heterocycles. The van der Waals surface area contributed by atoms with Crippen molar-refractivity contribution in [1.82, 2.24) is 4.90 Å². The smallest absolute Gasteiger partial charge is 0.410 e. The molecule has 4 heteroatoms. The maximum atomic E-state index is 12.0. The SMILES string of the molecule is CC(C)(C)OC(=O)N1CCC2(CCC(S)CC2)CC1. The molecule has 0 aromatic rings. The molecule has 19 heavy (non-hydrogen) atoms. The summed E-state index contributed by atoms with van der Waals surface area (Å²) in [5.41, 5.74) is 0.0913. The van der Waals surface area contributed by atoms with Gasteiger partial charge < -0.3 is 9.64 Å². The number of piperidine rings is 1. The van der Waals surface area contributed by atoms with Crippen LogP contribution in [-0.4, -0.2) is 34.9 Å². The number of ether oxygens (including phenoxy) is 1. The van der Waals surface area contributed by atoms with Crippen LogP contribution in [0.5, 0.6) is 0 Å². The van der Waals surface area contributed by atoms with Crippen molar-refractivity contribution in [2.75, 3.05) is 13.1 Å². The van der Waals surface area contributed by atoms with Gasteiger partial charge in [-0.1, -0.05) is 0 Å². The molecule has 110 valence electrons. The third-order valence-electron chi connectivity index (χ3n) is 4.49. The van der Waals surface area contributed by atoms with Crippen LogP contribution in [0.25, 0.3) is 0 Å². The van der Waals surface area contributed by atoms with E-state index in [1.807, 2.05) is 25.7 Å². The Labute approximate surface area is 122 Å². The monoisotopic (exact) mass is 285 g/mol. The highest BCUT2D eigenvalue weighted by molar-refractivity contribution is 7.80. The summed E-state index contributed by atoms with van der Waals surface area (Å²) in [5.74, 6) is 0. The van der Waals surface area contributed by atoms with Crippen molar-refractivity contribution in [3.8, 4) is 0 Å². The number of carbonyl (C=O) groups excluding carboxylic acids is 1. The fourth-order valence-corrected chi connectivity index (χ4v) is 3.46. The lowest BCUT2D eigenvalue weighted by Crippen LogP contribution is -2.46. The first-order valence-corrected chi connectivity index (χ1v) is 7.97. The fraction of sp³-hybridized carbons (Fsp3) is 0.933. The lowest BCUT2D eigenvalue weighted by atomic mass is 9.68. The first kappa shape index (κ1) is 15.0. The number of nitrogens with zero attached hydrogens (tertiary/aromatic N) is 1. The van der Waals surface area contributed by atoms with Crippen molar-refractivity contribution in [2.45, 2.75) is 70.1 Å². The molecule has 1 spiro atoms. The zero-order valence-corrected chi connectivity index (χ0v) is 13.3. The highest BCUT2D eigenvalue weighted by atomic mass is 32.1. The van der Waals surface area contributed by atoms with E-state index in [1.165, 1.54) is 25.7 Å². The van der Waals surface area contributed by atoms with E-state index < -0.39 is 5.60 Å². The molecule has 0 radical (unpaired) electrons. The van der Waals surface area contributed by atoms with Gasteiger partial charge in [-0.15, -0.1) is 0 Å². The predicted octanol–water partition coefficient (Wildman–Crippen LogP) is 3.88. The Hall–Kier alpha value is -0.380. The number of thiol groups is 1. The number of likely N-dealkylation sites (tertiary alicyclic amines) is 1. The Bertz CT molecular complexity index is 320. The van der Waals surface area contributed by atoms with Gasteiger partial charge in [0.2, 0.25) is 0 Å². The Morgan fingerprint density at radius 3 is 2.16 bits per heavy atom. The van der Waals surface area contributed by atoms with Crippen molar-refractivity contribution in [1.29, 1.82) is 0 Å². The summed E-state index contributed by atoms with van der Waals surface area (Å²) in [7, 11) is 0. The van der Waals surface area contributed by atoms with Gasteiger partial charge >= 0.3 is 6.09 Å². The van der Waals surface area contributed by atoms with Crippen molar-refractivity contribution < 1.29 is 9.53 Å². The average molecular weight is 285 g/mol. The van der Waals surface area contributed by atoms with Crippen LogP contribution in [0.1, 0.15) is 59.3 Å². The summed E-state index contributed by atoms with van der Waals surface area (Å²) in [6.07, 6.45) is 7.14. The summed E-state index contributed by atoms with van der Waals surface area (Å²) >= 11 is 4.58. The fourth-order valence-electron chi connectivity index (χ4n) is 3.21. The van der Waals surface area contributed by atoms with Crippen LogP contribution in [-0.2, 0) is 4.74 Å². The van der Waals surface area contributed by atoms with Gasteiger partial charge in [-0.05, 0) is 64.7 Å². The van der Waals surface area contributed by atoms with Crippen molar-refractivity contribution in [3.05, 3.63) is 0 Å². The van der Waals surface area contributed by atoms with Gasteiger partial charge in [0, 0.05) is 18.3 Å². The van der Waals surface area contributed by atoms with E-state index in [0.717, 1.165) is 25.9 Å². The van der Waals surface area contributed by atoms with Gasteiger partial charge in [-0.2, -0.15) is 12.6 Å². The minimum absolute atomic E-state index is 0.148. The molecule has 1 aliphatic carbocycles. The standard InChI is InChI=1S/C15H27NO2S/c1-14(2,3)18-13(17)16-10-8-15(9-11-16)6-4-12(19)5-7-15/h12,19H,4-11H2,1-3H3. The Balaban J connectivity index is 1.84. The average Bonchev–Trinajstić information content (AvgIpc) is 2.32. The molecule has 0 unspecified atom stereocenters. The predicted molar refractivity (Wildman–Crippen MR) is 80.7 cm³/mol. The highest BCUT2D eigenvalue weighted by Crippen LogP contribution is 2.45. The van der Waals surface area contributed by atoms with Gasteiger partial charge in [0.15, 0.2) is 0 Å². The first-order valence-electron chi connectivity index (χ1n) is 7.46. The largest absolute Gasteiger partial charge is 0.444 e. The summed E-state index contributed by atoms with van der Waals surface area (Å²) in [4.78, 5) is 13.9. The summed E-state index contributed by atoms with van der Waals surface area (Å²) in [5, 5.41) is 0.592. The van der Waals surface area contributed by atoms with E-state index in [1.54, 1.807) is 0 Å². The van der Waals surface area contributed by atoms with Crippen LogP contribution >= 0.6 is 12.6 Å². The van der Waals surface area contributed by atoms with E-state index in [4.69, 9.17) is 4.74 Å². The number of hydrogen-bond acceptors (Lipinski definition) is 3. The zero-order chi connectivity index (χ0) is 14.1. The van der Waals surface area contributed by atoms with E-state index in [0.29, 0.717) is 10.7 Å². The number of rotatable bonds is 0. The highest BCUT2D eigenvalue weighted by Gasteiger charge is 2.39. The molecule has 1 saturated carbocycles. The molecule has 1 aliphatic heterocycles. The normalized spacial score (nSPS) is 24.5. The van der Waals surface area contributed by atoms with Crippen molar-refractivity contribution in [2.24, 2.45) is 5.41 Å². The van der Waals surface area contributed by atoms with Gasteiger partial charge in [-0.3, -0.25) is 0 Å². The minimum atomic E-state index is -0.393. The molecule has 2 fully saturated rings. The summed E-state index contributed by atoms with van der Waals surface area (Å²) in [6, 6.07) is 0. The Morgan fingerprint density at radius 2 is 1.68 bits per heavy atom. The second-order valence-corrected chi connectivity index (χ2v) is 7.93. The van der Waals surface area contributed by atoms with E-state index in [9.17, 15) is 4.79 Å². The van der Waals surface area contributed by atoms with Gasteiger partial charge in [-0.25, -0.2) is 4.79 Å². The first-order chi connectivity index (χ1) is 8.80. The van der Waals surface area contributed by atoms with Crippen LogP contribution < -0.4 is 0 Å². The maximum absolute atomic E-state index is 12.0. The molecular formula is C15H27NO2S.